The predicted molar refractivity (Wildman–Crippen MR) is 114 cm³/mol. The molecule has 0 bridgehead atoms. The van der Waals surface area contributed by atoms with Crippen molar-refractivity contribution in [1.29, 1.82) is 0 Å². The normalized spacial score (nSPS) is 12.4. The van der Waals surface area contributed by atoms with Gasteiger partial charge in [0, 0.05) is 18.1 Å². The molecule has 0 aliphatic heterocycles. The molecule has 27 heavy (non-hydrogen) atoms. The SMILES string of the molecule is Cc1ccccc1CSCCNC(=O)[C@@H](C)N(c1ccccc1)S(C)(=O)=O. The zero-order valence-electron chi connectivity index (χ0n) is 15.9. The van der Waals surface area contributed by atoms with Crippen LogP contribution >= 0.6 is 11.8 Å². The number of sulfonamides is 1. The van der Waals surface area contributed by atoms with Gasteiger partial charge in [0.25, 0.3) is 0 Å². The number of amides is 1. The van der Waals surface area contributed by atoms with E-state index in [2.05, 4.69) is 24.4 Å². The molecule has 0 fully saturated rings. The van der Waals surface area contributed by atoms with Gasteiger partial charge in [-0.05, 0) is 37.1 Å². The van der Waals surface area contributed by atoms with Gasteiger partial charge in [-0.3, -0.25) is 9.10 Å². The van der Waals surface area contributed by atoms with Crippen LogP contribution in [-0.4, -0.2) is 38.9 Å². The van der Waals surface area contributed by atoms with Gasteiger partial charge in [0.15, 0.2) is 0 Å². The van der Waals surface area contributed by atoms with Crippen LogP contribution < -0.4 is 9.62 Å². The number of nitrogens with zero attached hydrogens (tertiary/aromatic N) is 1. The number of carbonyl (C=O) groups is 1. The molecular weight excluding hydrogens is 380 g/mol. The van der Waals surface area contributed by atoms with Crippen molar-refractivity contribution < 1.29 is 13.2 Å². The second-order valence-corrected chi connectivity index (χ2v) is 9.31. The number of aryl methyl sites for hydroxylation is 1. The number of anilines is 1. The molecule has 0 radical (unpaired) electrons. The summed E-state index contributed by atoms with van der Waals surface area (Å²) in [7, 11) is -3.57. The van der Waals surface area contributed by atoms with Gasteiger partial charge in [-0.15, -0.1) is 0 Å². The standard InChI is InChI=1S/C20H26N2O3S2/c1-16-9-7-8-10-18(16)15-26-14-13-21-20(23)17(2)22(27(3,24)25)19-11-5-4-6-12-19/h4-12,17H,13-15H2,1-3H3,(H,21,23)/t17-/m1/s1. The average molecular weight is 407 g/mol. The summed E-state index contributed by atoms with van der Waals surface area (Å²) in [5, 5.41) is 2.84. The van der Waals surface area contributed by atoms with Crippen LogP contribution in [0.3, 0.4) is 0 Å². The summed E-state index contributed by atoms with van der Waals surface area (Å²) in [6.45, 7) is 4.18. The molecular formula is C20H26N2O3S2. The van der Waals surface area contributed by atoms with Gasteiger partial charge in [0.05, 0.1) is 11.9 Å². The quantitative estimate of drug-likeness (QED) is 0.650. The molecule has 1 amide bonds. The molecule has 1 N–H and O–H groups in total. The summed E-state index contributed by atoms with van der Waals surface area (Å²) in [4.78, 5) is 12.5. The number of hydrogen-bond acceptors (Lipinski definition) is 4. The Labute approximate surface area is 166 Å². The largest absolute Gasteiger partial charge is 0.353 e. The third-order valence-electron chi connectivity index (χ3n) is 4.16. The van der Waals surface area contributed by atoms with Crippen LogP contribution in [0, 0.1) is 6.92 Å². The summed E-state index contributed by atoms with van der Waals surface area (Å²) in [6.07, 6.45) is 1.11. The highest BCUT2D eigenvalue weighted by atomic mass is 32.2. The summed E-state index contributed by atoms with van der Waals surface area (Å²) >= 11 is 1.74. The van der Waals surface area contributed by atoms with Crippen molar-refractivity contribution in [3.8, 4) is 0 Å². The lowest BCUT2D eigenvalue weighted by Gasteiger charge is -2.28. The van der Waals surface area contributed by atoms with E-state index in [0.29, 0.717) is 12.2 Å². The highest BCUT2D eigenvalue weighted by Crippen LogP contribution is 2.20. The van der Waals surface area contributed by atoms with Crippen LogP contribution in [0.1, 0.15) is 18.1 Å². The van der Waals surface area contributed by atoms with Crippen LogP contribution in [0.25, 0.3) is 0 Å². The molecule has 7 heteroatoms. The van der Waals surface area contributed by atoms with Gasteiger partial charge < -0.3 is 5.32 Å². The fraction of sp³-hybridized carbons (Fsp3) is 0.350. The monoisotopic (exact) mass is 406 g/mol. The minimum atomic E-state index is -3.57. The van der Waals surface area contributed by atoms with Crippen LogP contribution in [0.4, 0.5) is 5.69 Å². The zero-order valence-corrected chi connectivity index (χ0v) is 17.5. The molecule has 2 aromatic carbocycles. The Hall–Kier alpha value is -1.99. The zero-order chi connectivity index (χ0) is 19.9. The molecule has 0 saturated heterocycles. The van der Waals surface area contributed by atoms with Crippen molar-refractivity contribution in [1.82, 2.24) is 5.32 Å². The smallest absolute Gasteiger partial charge is 0.243 e. The van der Waals surface area contributed by atoms with Crippen LogP contribution in [0.5, 0.6) is 0 Å². The summed E-state index contributed by atoms with van der Waals surface area (Å²) in [5.41, 5.74) is 3.03. The van der Waals surface area contributed by atoms with E-state index in [-0.39, 0.29) is 5.91 Å². The Bertz CT molecular complexity index is 855. The average Bonchev–Trinajstić information content (AvgIpc) is 2.62. The Morgan fingerprint density at radius 1 is 1.11 bits per heavy atom. The van der Waals surface area contributed by atoms with Crippen molar-refractivity contribution in [3.63, 3.8) is 0 Å². The number of nitrogens with one attached hydrogen (secondary N) is 1. The van der Waals surface area contributed by atoms with E-state index in [0.717, 1.165) is 22.1 Å². The number of hydrogen-bond donors (Lipinski definition) is 1. The lowest BCUT2D eigenvalue weighted by molar-refractivity contribution is -0.121. The molecule has 146 valence electrons. The maximum atomic E-state index is 12.5. The molecule has 0 aliphatic carbocycles. The van der Waals surface area contributed by atoms with Crippen LogP contribution in [0.2, 0.25) is 0 Å². The fourth-order valence-electron chi connectivity index (χ4n) is 2.73. The third-order valence-corrected chi connectivity index (χ3v) is 6.41. The molecule has 0 spiro atoms. The molecule has 1 atom stereocenters. The highest BCUT2D eigenvalue weighted by molar-refractivity contribution is 7.98. The van der Waals surface area contributed by atoms with Crippen molar-refractivity contribution in [2.75, 3.05) is 22.9 Å². The van der Waals surface area contributed by atoms with Crippen LogP contribution in [-0.2, 0) is 20.6 Å². The summed E-state index contributed by atoms with van der Waals surface area (Å²) < 4.78 is 25.5. The van der Waals surface area contributed by atoms with Crippen molar-refractivity contribution in [2.24, 2.45) is 0 Å². The Morgan fingerprint density at radius 3 is 2.37 bits per heavy atom. The molecule has 0 heterocycles. The molecule has 2 aromatic rings. The number of rotatable bonds is 9. The fourth-order valence-corrected chi connectivity index (χ4v) is 4.84. The number of para-hydroxylation sites is 1. The van der Waals surface area contributed by atoms with Gasteiger partial charge in [-0.25, -0.2) is 8.42 Å². The summed E-state index contributed by atoms with van der Waals surface area (Å²) in [6, 6.07) is 16.1. The maximum absolute atomic E-state index is 12.5. The first-order valence-electron chi connectivity index (χ1n) is 8.75. The number of carbonyl (C=O) groups excluding carboxylic acids is 1. The Kier molecular flexibility index (Phi) is 7.74. The highest BCUT2D eigenvalue weighted by Gasteiger charge is 2.28. The Balaban J connectivity index is 1.87. The van der Waals surface area contributed by atoms with Gasteiger partial charge >= 0.3 is 0 Å². The second-order valence-electron chi connectivity index (χ2n) is 6.34. The lowest BCUT2D eigenvalue weighted by Crippen LogP contribution is -2.48. The van der Waals surface area contributed by atoms with Crippen LogP contribution in [0.15, 0.2) is 54.6 Å². The minimum Gasteiger partial charge on any atom is -0.353 e. The molecule has 0 aromatic heterocycles. The van der Waals surface area contributed by atoms with E-state index in [1.54, 1.807) is 49.0 Å². The minimum absolute atomic E-state index is 0.305. The summed E-state index contributed by atoms with van der Waals surface area (Å²) in [5.74, 6) is 1.34. The first-order valence-corrected chi connectivity index (χ1v) is 11.8. The van der Waals surface area contributed by atoms with E-state index in [1.807, 2.05) is 12.1 Å². The number of benzene rings is 2. The molecule has 2 rings (SSSR count). The van der Waals surface area contributed by atoms with E-state index >= 15 is 0 Å². The lowest BCUT2D eigenvalue weighted by atomic mass is 10.1. The number of thioether (sulfide) groups is 1. The van der Waals surface area contributed by atoms with E-state index in [4.69, 9.17) is 0 Å². The van der Waals surface area contributed by atoms with E-state index in [9.17, 15) is 13.2 Å². The van der Waals surface area contributed by atoms with Gasteiger partial charge in [-0.2, -0.15) is 11.8 Å². The van der Waals surface area contributed by atoms with E-state index < -0.39 is 16.1 Å². The first-order chi connectivity index (χ1) is 12.8. The van der Waals surface area contributed by atoms with Crippen molar-refractivity contribution in [2.45, 2.75) is 25.6 Å². The van der Waals surface area contributed by atoms with Gasteiger partial charge in [0.1, 0.15) is 6.04 Å². The van der Waals surface area contributed by atoms with Gasteiger partial charge in [0.2, 0.25) is 15.9 Å². The molecule has 0 unspecified atom stereocenters. The van der Waals surface area contributed by atoms with Crippen molar-refractivity contribution >= 4 is 33.4 Å². The Morgan fingerprint density at radius 2 is 1.74 bits per heavy atom. The topological polar surface area (TPSA) is 66.5 Å². The molecule has 0 saturated carbocycles. The van der Waals surface area contributed by atoms with Gasteiger partial charge in [-0.1, -0.05) is 42.5 Å². The predicted octanol–water partition coefficient (Wildman–Crippen LogP) is 3.20. The first kappa shape index (κ1) is 21.3. The van der Waals surface area contributed by atoms with Crippen molar-refractivity contribution in [3.05, 3.63) is 65.7 Å². The third kappa shape index (κ3) is 6.29. The molecule has 5 nitrogen and oxygen atoms in total. The maximum Gasteiger partial charge on any atom is 0.243 e. The van der Waals surface area contributed by atoms with E-state index in [1.165, 1.54) is 11.1 Å². The molecule has 0 aliphatic rings. The second kappa shape index (κ2) is 9.80.